The molecule has 0 aromatic heterocycles. The highest BCUT2D eigenvalue weighted by Gasteiger charge is 2.23. The van der Waals surface area contributed by atoms with Crippen LogP contribution in [-0.2, 0) is 9.59 Å². The summed E-state index contributed by atoms with van der Waals surface area (Å²) in [6.07, 6.45) is 1.91. The second kappa shape index (κ2) is 6.48. The molecule has 2 amide bonds. The lowest BCUT2D eigenvalue weighted by Crippen LogP contribution is -2.46. The Morgan fingerprint density at radius 1 is 1.31 bits per heavy atom. The average Bonchev–Trinajstić information content (AvgIpc) is 2.27. The van der Waals surface area contributed by atoms with E-state index in [4.69, 9.17) is 0 Å². The minimum absolute atomic E-state index is 0.00521. The van der Waals surface area contributed by atoms with Crippen LogP contribution in [0.1, 0.15) is 26.7 Å². The van der Waals surface area contributed by atoms with Crippen molar-refractivity contribution in [1.29, 1.82) is 0 Å². The lowest BCUT2D eigenvalue weighted by molar-refractivity contribution is -0.129. The van der Waals surface area contributed by atoms with Crippen molar-refractivity contribution in [3.63, 3.8) is 0 Å². The number of hydrogen-bond acceptors (Lipinski definition) is 3. The third-order valence-corrected chi connectivity index (χ3v) is 2.83. The van der Waals surface area contributed by atoms with Crippen LogP contribution in [0.5, 0.6) is 0 Å². The predicted octanol–water partition coefficient (Wildman–Crippen LogP) is -0.373. The number of nitrogens with one attached hydrogen (secondary N) is 3. The first-order valence-corrected chi connectivity index (χ1v) is 5.91. The Hall–Kier alpha value is -1.10. The van der Waals surface area contributed by atoms with Gasteiger partial charge in [-0.05, 0) is 26.7 Å². The molecule has 0 aromatic carbocycles. The molecule has 1 fully saturated rings. The molecule has 1 aliphatic rings. The lowest BCUT2D eigenvalue weighted by atomic mass is 9.95. The smallest absolute Gasteiger partial charge is 0.239 e. The Morgan fingerprint density at radius 2 is 2.06 bits per heavy atom. The highest BCUT2D eigenvalue weighted by Crippen LogP contribution is 2.13. The molecule has 0 saturated carbocycles. The van der Waals surface area contributed by atoms with E-state index in [9.17, 15) is 9.59 Å². The quantitative estimate of drug-likeness (QED) is 0.613. The van der Waals surface area contributed by atoms with Gasteiger partial charge in [0.25, 0.3) is 0 Å². The van der Waals surface area contributed by atoms with Crippen LogP contribution < -0.4 is 16.0 Å². The normalized spacial score (nSPS) is 24.9. The van der Waals surface area contributed by atoms with Gasteiger partial charge in [-0.2, -0.15) is 0 Å². The molecule has 0 spiro atoms. The average molecular weight is 227 g/mol. The predicted molar refractivity (Wildman–Crippen MR) is 61.9 cm³/mol. The molecule has 3 N–H and O–H groups in total. The van der Waals surface area contributed by atoms with Gasteiger partial charge in [-0.1, -0.05) is 0 Å². The highest BCUT2D eigenvalue weighted by molar-refractivity contribution is 5.85. The molecule has 1 rings (SSSR count). The molecule has 0 radical (unpaired) electrons. The van der Waals surface area contributed by atoms with Crippen molar-refractivity contribution in [1.82, 2.24) is 16.0 Å². The first kappa shape index (κ1) is 13.0. The number of carbonyl (C=O) groups is 2. The lowest BCUT2D eigenvalue weighted by Gasteiger charge is -2.26. The van der Waals surface area contributed by atoms with Crippen LogP contribution in [0, 0.1) is 5.92 Å². The van der Waals surface area contributed by atoms with Gasteiger partial charge in [-0.15, -0.1) is 0 Å². The molecular weight excluding hydrogens is 206 g/mol. The summed E-state index contributed by atoms with van der Waals surface area (Å²) in [5, 5.41) is 8.57. The minimum Gasteiger partial charge on any atom is -0.355 e. The number of carbonyl (C=O) groups excluding carboxylic acids is 2. The Kier molecular flexibility index (Phi) is 5.25. The molecule has 1 heterocycles. The summed E-state index contributed by atoms with van der Waals surface area (Å²) in [5.74, 6) is -0.149. The molecule has 0 bridgehead atoms. The van der Waals surface area contributed by atoms with Crippen molar-refractivity contribution in [3.05, 3.63) is 0 Å². The topological polar surface area (TPSA) is 70.2 Å². The fraction of sp³-hybridized carbons (Fsp3) is 0.818. The first-order valence-electron chi connectivity index (χ1n) is 5.91. The Balaban J connectivity index is 2.22. The van der Waals surface area contributed by atoms with Crippen molar-refractivity contribution in [2.24, 2.45) is 5.92 Å². The summed E-state index contributed by atoms with van der Waals surface area (Å²) in [4.78, 5) is 22.8. The van der Waals surface area contributed by atoms with Crippen molar-refractivity contribution >= 4 is 11.8 Å². The molecule has 2 atom stereocenters. The summed E-state index contributed by atoms with van der Waals surface area (Å²) in [6, 6.07) is 0.493. The maximum Gasteiger partial charge on any atom is 0.239 e. The van der Waals surface area contributed by atoms with E-state index in [-0.39, 0.29) is 24.3 Å². The molecule has 5 heteroatoms. The van der Waals surface area contributed by atoms with Gasteiger partial charge in [0.1, 0.15) is 0 Å². The van der Waals surface area contributed by atoms with E-state index in [1.54, 1.807) is 0 Å². The zero-order valence-corrected chi connectivity index (χ0v) is 10.0. The number of amides is 2. The molecule has 1 saturated heterocycles. The summed E-state index contributed by atoms with van der Waals surface area (Å²) in [5.41, 5.74) is 0. The van der Waals surface area contributed by atoms with Crippen molar-refractivity contribution in [3.8, 4) is 0 Å². The van der Waals surface area contributed by atoms with Gasteiger partial charge in [0, 0.05) is 19.1 Å². The van der Waals surface area contributed by atoms with Gasteiger partial charge in [0.15, 0.2) is 0 Å². The van der Waals surface area contributed by atoms with E-state index < -0.39 is 0 Å². The number of hydrogen-bond donors (Lipinski definition) is 3. The molecular formula is C11H21N3O2. The second-order valence-corrected chi connectivity index (χ2v) is 4.25. The van der Waals surface area contributed by atoms with Gasteiger partial charge in [-0.25, -0.2) is 0 Å². The third-order valence-electron chi connectivity index (χ3n) is 2.83. The van der Waals surface area contributed by atoms with E-state index in [1.165, 1.54) is 0 Å². The summed E-state index contributed by atoms with van der Waals surface area (Å²) in [6.45, 7) is 5.35. The monoisotopic (exact) mass is 227 g/mol. The Morgan fingerprint density at radius 3 is 2.62 bits per heavy atom. The maximum atomic E-state index is 11.7. The zero-order valence-electron chi connectivity index (χ0n) is 10.0. The summed E-state index contributed by atoms with van der Waals surface area (Å²) < 4.78 is 0. The second-order valence-electron chi connectivity index (χ2n) is 4.25. The zero-order chi connectivity index (χ0) is 12.0. The van der Waals surface area contributed by atoms with E-state index in [2.05, 4.69) is 22.9 Å². The molecule has 5 nitrogen and oxygen atoms in total. The fourth-order valence-electron chi connectivity index (χ4n) is 1.79. The van der Waals surface area contributed by atoms with Gasteiger partial charge in [0.2, 0.25) is 11.8 Å². The number of piperidine rings is 1. The summed E-state index contributed by atoms with van der Waals surface area (Å²) >= 11 is 0. The van der Waals surface area contributed by atoms with Gasteiger partial charge in [0.05, 0.1) is 12.5 Å². The van der Waals surface area contributed by atoms with Gasteiger partial charge < -0.3 is 16.0 Å². The van der Waals surface area contributed by atoms with E-state index in [0.717, 1.165) is 12.8 Å². The molecule has 1 aliphatic heterocycles. The van der Waals surface area contributed by atoms with Crippen molar-refractivity contribution < 1.29 is 9.59 Å². The Labute approximate surface area is 96.4 Å². The molecule has 0 aromatic rings. The standard InChI is InChI=1S/C11H21N3O2/c1-3-12-10(15)7-14-11(16)9-5-4-8(2)13-6-9/h8-9,13H,3-7H2,1-2H3,(H,12,15)(H,14,16). The van der Waals surface area contributed by atoms with E-state index in [0.29, 0.717) is 19.1 Å². The van der Waals surface area contributed by atoms with Crippen LogP contribution in [-0.4, -0.2) is 37.5 Å². The van der Waals surface area contributed by atoms with Gasteiger partial charge in [-0.3, -0.25) is 9.59 Å². The molecule has 92 valence electrons. The minimum atomic E-state index is -0.131. The van der Waals surface area contributed by atoms with E-state index >= 15 is 0 Å². The largest absolute Gasteiger partial charge is 0.355 e. The van der Waals surface area contributed by atoms with Gasteiger partial charge >= 0.3 is 0 Å². The van der Waals surface area contributed by atoms with Crippen LogP contribution in [0.15, 0.2) is 0 Å². The van der Waals surface area contributed by atoms with Crippen LogP contribution >= 0.6 is 0 Å². The SMILES string of the molecule is CCNC(=O)CNC(=O)C1CCC(C)NC1. The van der Waals surface area contributed by atoms with Crippen molar-refractivity contribution in [2.45, 2.75) is 32.7 Å². The van der Waals surface area contributed by atoms with Crippen LogP contribution in [0.4, 0.5) is 0 Å². The van der Waals surface area contributed by atoms with Crippen LogP contribution in [0.2, 0.25) is 0 Å². The Bertz CT molecular complexity index is 248. The van der Waals surface area contributed by atoms with Crippen LogP contribution in [0.3, 0.4) is 0 Å². The van der Waals surface area contributed by atoms with Crippen LogP contribution in [0.25, 0.3) is 0 Å². The fourth-order valence-corrected chi connectivity index (χ4v) is 1.79. The number of likely N-dealkylation sites (N-methyl/N-ethyl adjacent to an activating group) is 1. The third kappa shape index (κ3) is 4.18. The molecule has 2 unspecified atom stereocenters. The number of rotatable bonds is 4. The molecule has 0 aliphatic carbocycles. The molecule has 16 heavy (non-hydrogen) atoms. The summed E-state index contributed by atoms with van der Waals surface area (Å²) in [7, 11) is 0. The van der Waals surface area contributed by atoms with E-state index in [1.807, 2.05) is 6.92 Å². The van der Waals surface area contributed by atoms with Crippen molar-refractivity contribution in [2.75, 3.05) is 19.6 Å². The highest BCUT2D eigenvalue weighted by atomic mass is 16.2. The maximum absolute atomic E-state index is 11.7. The first-order chi connectivity index (χ1) is 7.63.